The van der Waals surface area contributed by atoms with Gasteiger partial charge in [-0.1, -0.05) is 6.07 Å². The van der Waals surface area contributed by atoms with Crippen LogP contribution >= 0.6 is 0 Å². The van der Waals surface area contributed by atoms with E-state index >= 15 is 0 Å². The summed E-state index contributed by atoms with van der Waals surface area (Å²) in [6, 6.07) is 12.6. The number of nitrogens with zero attached hydrogens (tertiary/aromatic N) is 7. The first kappa shape index (κ1) is 25.1. The topological polar surface area (TPSA) is 131 Å². The molecule has 4 rings (SSSR count). The lowest BCUT2D eigenvalue weighted by Gasteiger charge is -2.16. The van der Waals surface area contributed by atoms with Gasteiger partial charge in [0.05, 0.1) is 24.9 Å². The summed E-state index contributed by atoms with van der Waals surface area (Å²) in [5.41, 5.74) is 3.12. The molecule has 2 aromatic heterocycles. The average Bonchev–Trinajstić information content (AvgIpc) is 3.41. The normalized spacial score (nSPS) is 11.3. The third-order valence-electron chi connectivity index (χ3n) is 5.43. The van der Waals surface area contributed by atoms with Gasteiger partial charge in [0.2, 0.25) is 5.95 Å². The van der Waals surface area contributed by atoms with Crippen molar-refractivity contribution in [2.45, 2.75) is 19.6 Å². The van der Waals surface area contributed by atoms with Crippen molar-refractivity contribution in [3.63, 3.8) is 0 Å². The molecule has 0 saturated heterocycles. The van der Waals surface area contributed by atoms with E-state index in [4.69, 9.17) is 9.47 Å². The fourth-order valence-electron chi connectivity index (χ4n) is 3.58. The SMILES string of the molecule is COc1cc(C(=O)N(C)C)ccc1Nc1ncc(-c2ccc(C#N)c(OC(C)Cn3cncn3)c2)cn1. The average molecular weight is 499 g/mol. The summed E-state index contributed by atoms with van der Waals surface area (Å²) in [6.45, 7) is 2.39. The summed E-state index contributed by atoms with van der Waals surface area (Å²) in [6.07, 6.45) is 6.19. The number of benzene rings is 2. The maximum atomic E-state index is 12.2. The second-order valence-corrected chi connectivity index (χ2v) is 8.40. The van der Waals surface area contributed by atoms with Crippen molar-refractivity contribution in [1.82, 2.24) is 29.6 Å². The molecule has 0 spiro atoms. The quantitative estimate of drug-likeness (QED) is 0.368. The van der Waals surface area contributed by atoms with Crippen LogP contribution in [0.15, 0.2) is 61.4 Å². The first-order chi connectivity index (χ1) is 17.9. The van der Waals surface area contributed by atoms with Gasteiger partial charge < -0.3 is 19.7 Å². The first-order valence-electron chi connectivity index (χ1n) is 11.4. The highest BCUT2D eigenvalue weighted by Gasteiger charge is 2.14. The zero-order chi connectivity index (χ0) is 26.4. The van der Waals surface area contributed by atoms with Crippen molar-refractivity contribution in [1.29, 1.82) is 5.26 Å². The molecule has 0 radical (unpaired) electrons. The molecule has 2 aromatic carbocycles. The van der Waals surface area contributed by atoms with Gasteiger partial charge >= 0.3 is 0 Å². The maximum Gasteiger partial charge on any atom is 0.253 e. The third kappa shape index (κ3) is 5.99. The smallest absolute Gasteiger partial charge is 0.253 e. The van der Waals surface area contributed by atoms with Crippen LogP contribution in [-0.4, -0.2) is 62.8 Å². The second kappa shape index (κ2) is 11.2. The number of carbonyl (C=O) groups excluding carboxylic acids is 1. The predicted octanol–water partition coefficient (Wildman–Crippen LogP) is 3.53. The molecule has 188 valence electrons. The lowest BCUT2D eigenvalue weighted by atomic mass is 10.1. The van der Waals surface area contributed by atoms with Crippen LogP contribution < -0.4 is 14.8 Å². The Bertz CT molecular complexity index is 1410. The number of aromatic nitrogens is 5. The van der Waals surface area contributed by atoms with Crippen LogP contribution in [0.1, 0.15) is 22.8 Å². The predicted molar refractivity (Wildman–Crippen MR) is 137 cm³/mol. The Hall–Kier alpha value is -4.98. The van der Waals surface area contributed by atoms with Gasteiger partial charge in [0.1, 0.15) is 36.3 Å². The largest absolute Gasteiger partial charge is 0.495 e. The van der Waals surface area contributed by atoms with E-state index in [1.807, 2.05) is 13.0 Å². The molecule has 1 amide bonds. The van der Waals surface area contributed by atoms with E-state index < -0.39 is 0 Å². The van der Waals surface area contributed by atoms with Crippen molar-refractivity contribution >= 4 is 17.5 Å². The molecule has 0 aliphatic rings. The maximum absolute atomic E-state index is 12.2. The number of ether oxygens (including phenoxy) is 2. The molecule has 0 fully saturated rings. The number of hydrogen-bond acceptors (Lipinski definition) is 9. The summed E-state index contributed by atoms with van der Waals surface area (Å²) < 4.78 is 13.1. The summed E-state index contributed by atoms with van der Waals surface area (Å²) in [5.74, 6) is 1.20. The molecule has 1 N–H and O–H groups in total. The van der Waals surface area contributed by atoms with E-state index in [1.54, 1.807) is 67.8 Å². The highest BCUT2D eigenvalue weighted by Crippen LogP contribution is 2.30. The number of nitriles is 1. The molecule has 1 unspecified atom stereocenters. The van der Waals surface area contributed by atoms with Gasteiger partial charge in [0, 0.05) is 37.6 Å². The van der Waals surface area contributed by atoms with Crippen LogP contribution in [0.4, 0.5) is 11.6 Å². The summed E-state index contributed by atoms with van der Waals surface area (Å²) in [7, 11) is 4.92. The molecule has 37 heavy (non-hydrogen) atoms. The van der Waals surface area contributed by atoms with Gasteiger partial charge in [-0.05, 0) is 42.8 Å². The van der Waals surface area contributed by atoms with Crippen LogP contribution in [0.5, 0.6) is 11.5 Å². The Kier molecular flexibility index (Phi) is 7.59. The van der Waals surface area contributed by atoms with Crippen molar-refractivity contribution in [2.24, 2.45) is 0 Å². The molecule has 0 aliphatic carbocycles. The van der Waals surface area contributed by atoms with Crippen LogP contribution in [-0.2, 0) is 6.54 Å². The van der Waals surface area contributed by atoms with Crippen molar-refractivity contribution < 1.29 is 14.3 Å². The summed E-state index contributed by atoms with van der Waals surface area (Å²) in [4.78, 5) is 26.5. The van der Waals surface area contributed by atoms with Gasteiger partial charge in [-0.2, -0.15) is 10.4 Å². The van der Waals surface area contributed by atoms with Gasteiger partial charge in [-0.25, -0.2) is 19.6 Å². The van der Waals surface area contributed by atoms with E-state index in [1.165, 1.54) is 18.3 Å². The summed E-state index contributed by atoms with van der Waals surface area (Å²) >= 11 is 0. The number of carbonyl (C=O) groups is 1. The van der Waals surface area contributed by atoms with Crippen LogP contribution in [0, 0.1) is 11.3 Å². The second-order valence-electron chi connectivity index (χ2n) is 8.40. The number of amides is 1. The van der Waals surface area contributed by atoms with Crippen LogP contribution in [0.3, 0.4) is 0 Å². The third-order valence-corrected chi connectivity index (χ3v) is 5.43. The van der Waals surface area contributed by atoms with E-state index in [0.29, 0.717) is 40.8 Å². The van der Waals surface area contributed by atoms with Crippen LogP contribution in [0.2, 0.25) is 0 Å². The zero-order valence-corrected chi connectivity index (χ0v) is 20.9. The molecular formula is C26H26N8O3. The summed E-state index contributed by atoms with van der Waals surface area (Å²) in [5, 5.41) is 16.7. The Balaban J connectivity index is 1.50. The minimum absolute atomic E-state index is 0.121. The van der Waals surface area contributed by atoms with Gasteiger partial charge in [0.15, 0.2) is 0 Å². The van der Waals surface area contributed by atoms with Gasteiger partial charge in [0.25, 0.3) is 5.91 Å². The zero-order valence-electron chi connectivity index (χ0n) is 20.9. The highest BCUT2D eigenvalue weighted by molar-refractivity contribution is 5.95. The van der Waals surface area contributed by atoms with E-state index in [9.17, 15) is 10.1 Å². The van der Waals surface area contributed by atoms with E-state index in [2.05, 4.69) is 31.4 Å². The Morgan fingerprint density at radius 1 is 1.14 bits per heavy atom. The molecule has 0 aliphatic heterocycles. The standard InChI is InChI=1S/C26H26N8O3/c1-17(14-34-16-28-15-31-34)37-23-9-18(5-6-20(23)11-27)21-12-29-26(30-13-21)32-22-8-7-19(10-24(22)36-4)25(35)33(2)3/h5-10,12-13,15-17H,14H2,1-4H3,(H,29,30,32). The Labute approximate surface area is 214 Å². The molecule has 11 nitrogen and oxygen atoms in total. The number of anilines is 2. The van der Waals surface area contributed by atoms with E-state index in [-0.39, 0.29) is 12.0 Å². The molecule has 0 bridgehead atoms. The number of hydrogen-bond donors (Lipinski definition) is 1. The van der Waals surface area contributed by atoms with Crippen LogP contribution in [0.25, 0.3) is 11.1 Å². The molecule has 1 atom stereocenters. The van der Waals surface area contributed by atoms with Crippen molar-refractivity contribution in [3.8, 4) is 28.7 Å². The number of rotatable bonds is 9. The number of nitrogens with one attached hydrogen (secondary N) is 1. The monoisotopic (exact) mass is 498 g/mol. The molecule has 4 aromatic rings. The molecule has 0 saturated carbocycles. The lowest BCUT2D eigenvalue weighted by Crippen LogP contribution is -2.21. The fraction of sp³-hybridized carbons (Fsp3) is 0.231. The van der Waals surface area contributed by atoms with Crippen molar-refractivity contribution in [2.75, 3.05) is 26.5 Å². The van der Waals surface area contributed by atoms with Crippen molar-refractivity contribution in [3.05, 3.63) is 72.6 Å². The number of methoxy groups -OCH3 is 1. The minimum Gasteiger partial charge on any atom is -0.495 e. The Morgan fingerprint density at radius 2 is 1.92 bits per heavy atom. The lowest BCUT2D eigenvalue weighted by molar-refractivity contribution is 0.0827. The van der Waals surface area contributed by atoms with Gasteiger partial charge in [-0.3, -0.25) is 4.79 Å². The Morgan fingerprint density at radius 3 is 2.57 bits per heavy atom. The molecule has 2 heterocycles. The molecular weight excluding hydrogens is 472 g/mol. The minimum atomic E-state index is -0.235. The molecule has 11 heteroatoms. The first-order valence-corrected chi connectivity index (χ1v) is 11.4. The van der Waals surface area contributed by atoms with E-state index in [0.717, 1.165) is 11.1 Å². The fourth-order valence-corrected chi connectivity index (χ4v) is 3.58. The highest BCUT2D eigenvalue weighted by atomic mass is 16.5. The van der Waals surface area contributed by atoms with Gasteiger partial charge in [-0.15, -0.1) is 0 Å².